The highest BCUT2D eigenvalue weighted by molar-refractivity contribution is 5.69. The van der Waals surface area contributed by atoms with Crippen molar-refractivity contribution in [1.82, 2.24) is 20.1 Å². The van der Waals surface area contributed by atoms with Crippen molar-refractivity contribution in [3.8, 4) is 34.9 Å². The number of hydrogen-bond donors (Lipinski definition) is 1. The van der Waals surface area contributed by atoms with Gasteiger partial charge in [0.15, 0.2) is 0 Å². The fourth-order valence-corrected chi connectivity index (χ4v) is 5.06. The van der Waals surface area contributed by atoms with Crippen molar-refractivity contribution in [1.29, 1.82) is 5.26 Å². The summed E-state index contributed by atoms with van der Waals surface area (Å²) in [4.78, 5) is 8.04. The number of para-hydroxylation sites is 1. The summed E-state index contributed by atoms with van der Waals surface area (Å²) in [5, 5.41) is 27.3. The van der Waals surface area contributed by atoms with Crippen LogP contribution in [0.2, 0.25) is 0 Å². The van der Waals surface area contributed by atoms with Crippen LogP contribution in [0, 0.1) is 41.9 Å². The zero-order valence-corrected chi connectivity index (χ0v) is 24.3. The Balaban J connectivity index is 0.000000201. The molecule has 0 aliphatic carbocycles. The van der Waals surface area contributed by atoms with Crippen molar-refractivity contribution >= 4 is 5.69 Å². The third kappa shape index (κ3) is 8.34. The summed E-state index contributed by atoms with van der Waals surface area (Å²) in [5.74, 6) is 4.51. The Morgan fingerprint density at radius 2 is 1.95 bits per heavy atom. The van der Waals surface area contributed by atoms with Crippen LogP contribution < -0.4 is 4.90 Å². The first-order valence-electron chi connectivity index (χ1n) is 14.2. The Morgan fingerprint density at radius 3 is 2.67 bits per heavy atom. The normalized spacial score (nSPS) is 20.3. The lowest BCUT2D eigenvalue weighted by Crippen LogP contribution is -2.55. The second kappa shape index (κ2) is 14.0. The summed E-state index contributed by atoms with van der Waals surface area (Å²) in [7, 11) is 0. The van der Waals surface area contributed by atoms with E-state index in [0.29, 0.717) is 34.4 Å². The molecule has 0 radical (unpaired) electrons. The van der Waals surface area contributed by atoms with Crippen molar-refractivity contribution in [3.05, 3.63) is 77.8 Å². The van der Waals surface area contributed by atoms with Crippen molar-refractivity contribution in [2.75, 3.05) is 37.6 Å². The third-order valence-electron chi connectivity index (χ3n) is 7.26. The zero-order valence-electron chi connectivity index (χ0n) is 24.3. The fourth-order valence-electron chi connectivity index (χ4n) is 5.06. The number of halogens is 2. The Bertz CT molecular complexity index is 1500. The van der Waals surface area contributed by atoms with Gasteiger partial charge < -0.3 is 10.0 Å². The molecular formula is C33H36F2N6O. The Kier molecular flexibility index (Phi) is 10.2. The predicted octanol–water partition coefficient (Wildman–Crippen LogP) is 5.84. The van der Waals surface area contributed by atoms with E-state index in [1.165, 1.54) is 12.8 Å². The van der Waals surface area contributed by atoms with Crippen LogP contribution in [-0.2, 0) is 0 Å². The molecule has 2 unspecified atom stereocenters. The molecule has 1 aromatic carbocycles. The van der Waals surface area contributed by atoms with Crippen LogP contribution in [0.5, 0.6) is 5.75 Å². The number of aromatic hydroxyl groups is 1. The minimum atomic E-state index is -2.57. The number of nitrogens with zero attached hydrogens (tertiary/aromatic N) is 6. The van der Waals surface area contributed by atoms with Crippen molar-refractivity contribution < 1.29 is 13.9 Å². The molecule has 0 bridgehead atoms. The summed E-state index contributed by atoms with van der Waals surface area (Å²) in [5.41, 5.74) is 4.06. The molecule has 0 spiro atoms. The standard InChI is InChI=1S/C20H25N3O.C13H11F2N3/c1-3-16-7-6-10-23(14-15(2)11-16)17-12-19(22-21-13-17)18-8-4-5-9-20(18)24;1-10-4-5-11(7-16)12(17-10)3-2-6-18-8-13(14,15)9-18/h4-9,12-13,15-16,24H,3,10-11,14H2,1-2H3;4-5H,6,8-9H2,1H3/b7-6-;. The van der Waals surface area contributed by atoms with Gasteiger partial charge in [-0.25, -0.2) is 13.8 Å². The van der Waals surface area contributed by atoms with Crippen LogP contribution in [0.15, 0.2) is 60.8 Å². The second-order valence-electron chi connectivity index (χ2n) is 10.9. The molecule has 1 saturated heterocycles. The number of hydrogen-bond acceptors (Lipinski definition) is 7. The number of phenolic OH excluding ortho intramolecular Hbond substituents is 1. The largest absolute Gasteiger partial charge is 0.507 e. The number of aromatic nitrogens is 3. The minimum absolute atomic E-state index is 0.232. The number of aryl methyl sites for hydroxylation is 1. The summed E-state index contributed by atoms with van der Waals surface area (Å²) < 4.78 is 25.1. The van der Waals surface area contributed by atoms with E-state index in [1.807, 2.05) is 43.5 Å². The monoisotopic (exact) mass is 570 g/mol. The number of rotatable bonds is 4. The first-order valence-corrected chi connectivity index (χ1v) is 14.2. The number of nitriles is 1. The van der Waals surface area contributed by atoms with Crippen LogP contribution in [0.3, 0.4) is 0 Å². The number of benzene rings is 1. The van der Waals surface area contributed by atoms with Gasteiger partial charge in [-0.15, -0.1) is 0 Å². The number of phenols is 1. The van der Waals surface area contributed by atoms with Gasteiger partial charge in [-0.05, 0) is 67.9 Å². The molecule has 2 aromatic heterocycles. The average Bonchev–Trinajstić information content (AvgIpc) is 2.94. The van der Waals surface area contributed by atoms with E-state index >= 15 is 0 Å². The molecule has 4 heterocycles. The summed E-state index contributed by atoms with van der Waals surface area (Å²) >= 11 is 0. The van der Waals surface area contributed by atoms with E-state index in [2.05, 4.69) is 57.9 Å². The van der Waals surface area contributed by atoms with E-state index in [1.54, 1.807) is 23.1 Å². The highest BCUT2D eigenvalue weighted by Crippen LogP contribution is 2.30. The van der Waals surface area contributed by atoms with E-state index in [-0.39, 0.29) is 25.4 Å². The topological polar surface area (TPSA) is 89.2 Å². The minimum Gasteiger partial charge on any atom is -0.507 e. The Labute approximate surface area is 246 Å². The maximum atomic E-state index is 12.6. The molecule has 0 saturated carbocycles. The number of anilines is 1. The van der Waals surface area contributed by atoms with Crippen molar-refractivity contribution in [3.63, 3.8) is 0 Å². The van der Waals surface area contributed by atoms with Gasteiger partial charge in [0.25, 0.3) is 5.92 Å². The van der Waals surface area contributed by atoms with E-state index < -0.39 is 5.92 Å². The van der Waals surface area contributed by atoms with Crippen LogP contribution >= 0.6 is 0 Å². The molecule has 218 valence electrons. The molecule has 7 nitrogen and oxygen atoms in total. The molecule has 42 heavy (non-hydrogen) atoms. The number of alkyl halides is 2. The van der Waals surface area contributed by atoms with Gasteiger partial charge in [0.05, 0.1) is 42.8 Å². The quantitative estimate of drug-likeness (QED) is 0.311. The van der Waals surface area contributed by atoms with Crippen molar-refractivity contribution in [2.24, 2.45) is 11.8 Å². The molecular weight excluding hydrogens is 534 g/mol. The fraction of sp³-hybridized carbons (Fsp3) is 0.394. The Morgan fingerprint density at radius 1 is 1.17 bits per heavy atom. The van der Waals surface area contributed by atoms with E-state index in [0.717, 1.165) is 24.5 Å². The highest BCUT2D eigenvalue weighted by atomic mass is 19.3. The Hall–Kier alpha value is -4.34. The zero-order chi connectivity index (χ0) is 30.1. The maximum absolute atomic E-state index is 12.6. The van der Waals surface area contributed by atoms with Crippen LogP contribution in [0.25, 0.3) is 11.3 Å². The SMILES string of the molecule is CCC1/C=C\CN(c2cnnc(-c3ccccc3O)c2)CC(C)C1.Cc1ccc(C#N)c(C#CCN2CC(F)(F)C2)n1. The lowest BCUT2D eigenvalue weighted by Gasteiger charge is -2.37. The molecule has 0 amide bonds. The van der Waals surface area contributed by atoms with E-state index in [9.17, 15) is 13.9 Å². The summed E-state index contributed by atoms with van der Waals surface area (Å²) in [6.07, 6.45) is 8.84. The van der Waals surface area contributed by atoms with E-state index in [4.69, 9.17) is 5.26 Å². The van der Waals surface area contributed by atoms with Gasteiger partial charge in [-0.1, -0.05) is 44.1 Å². The molecule has 2 aliphatic rings. The predicted molar refractivity (Wildman–Crippen MR) is 160 cm³/mol. The molecule has 1 fully saturated rings. The number of allylic oxidation sites excluding steroid dienone is 1. The number of pyridine rings is 1. The smallest absolute Gasteiger partial charge is 0.273 e. The van der Waals surface area contributed by atoms with Crippen LogP contribution in [-0.4, -0.2) is 63.8 Å². The van der Waals surface area contributed by atoms with Gasteiger partial charge in [-0.3, -0.25) is 4.90 Å². The van der Waals surface area contributed by atoms with Gasteiger partial charge in [0.1, 0.15) is 17.5 Å². The molecule has 2 aliphatic heterocycles. The molecule has 2 atom stereocenters. The first kappa shape index (κ1) is 30.6. The lowest BCUT2D eigenvalue weighted by atomic mass is 9.91. The lowest BCUT2D eigenvalue weighted by molar-refractivity contribution is -0.125. The summed E-state index contributed by atoms with van der Waals surface area (Å²) in [6, 6.07) is 14.7. The molecule has 1 N–H and O–H groups in total. The van der Waals surface area contributed by atoms with Crippen LogP contribution in [0.1, 0.15) is 43.6 Å². The molecule has 5 rings (SSSR count). The summed E-state index contributed by atoms with van der Waals surface area (Å²) in [6.45, 7) is 8.06. The maximum Gasteiger partial charge on any atom is 0.273 e. The van der Waals surface area contributed by atoms with Crippen LogP contribution in [0.4, 0.5) is 14.5 Å². The van der Waals surface area contributed by atoms with Gasteiger partial charge >= 0.3 is 0 Å². The third-order valence-corrected chi connectivity index (χ3v) is 7.26. The molecule has 3 aromatic rings. The van der Waals surface area contributed by atoms with Gasteiger partial charge in [-0.2, -0.15) is 15.5 Å². The van der Waals surface area contributed by atoms with Crippen molar-refractivity contribution in [2.45, 2.75) is 39.5 Å². The van der Waals surface area contributed by atoms with Gasteiger partial charge in [0.2, 0.25) is 0 Å². The average molecular weight is 571 g/mol. The molecule has 9 heteroatoms. The highest BCUT2D eigenvalue weighted by Gasteiger charge is 2.43. The second-order valence-corrected chi connectivity index (χ2v) is 10.9. The first-order chi connectivity index (χ1) is 20.2. The number of likely N-dealkylation sites (tertiary alicyclic amines) is 1. The van der Waals surface area contributed by atoms with Gasteiger partial charge in [0, 0.05) is 24.3 Å².